The van der Waals surface area contributed by atoms with Crippen molar-refractivity contribution < 1.29 is 9.53 Å². The minimum absolute atomic E-state index is 0.0906. The number of hydrogen-bond donors (Lipinski definition) is 1. The number of nitrogens with zero attached hydrogens (tertiary/aromatic N) is 3. The van der Waals surface area contributed by atoms with Gasteiger partial charge in [-0.1, -0.05) is 0 Å². The van der Waals surface area contributed by atoms with Crippen molar-refractivity contribution in [3.63, 3.8) is 0 Å². The van der Waals surface area contributed by atoms with Crippen LogP contribution in [-0.4, -0.2) is 84.1 Å². The summed E-state index contributed by atoms with van der Waals surface area (Å²) >= 11 is 0. The fourth-order valence-corrected chi connectivity index (χ4v) is 4.18. The predicted molar refractivity (Wildman–Crippen MR) is 112 cm³/mol. The summed E-state index contributed by atoms with van der Waals surface area (Å²) in [7, 11) is 2.10. The Morgan fingerprint density at radius 3 is 2.46 bits per heavy atom. The van der Waals surface area contributed by atoms with Gasteiger partial charge in [-0.2, -0.15) is 0 Å². The number of hydrogen-bond acceptors (Lipinski definition) is 4. The summed E-state index contributed by atoms with van der Waals surface area (Å²) in [6.45, 7) is 10.1. The quantitative estimate of drug-likeness (QED) is 0.881. The van der Waals surface area contributed by atoms with E-state index in [1.165, 1.54) is 0 Å². The Balaban J connectivity index is 1.41. The second-order valence-electron chi connectivity index (χ2n) is 8.47. The number of piperazine rings is 1. The van der Waals surface area contributed by atoms with Gasteiger partial charge in [0.25, 0.3) is 5.91 Å². The molecule has 0 aliphatic carbocycles. The van der Waals surface area contributed by atoms with Crippen LogP contribution in [0.1, 0.15) is 37.2 Å². The Labute approximate surface area is 167 Å². The molecule has 0 bridgehead atoms. The van der Waals surface area contributed by atoms with Gasteiger partial charge >= 0.3 is 0 Å². The summed E-state index contributed by atoms with van der Waals surface area (Å²) in [4.78, 5) is 22.8. The van der Waals surface area contributed by atoms with Gasteiger partial charge in [-0.3, -0.25) is 4.79 Å². The molecule has 2 aliphatic rings. The van der Waals surface area contributed by atoms with Crippen LogP contribution >= 0.6 is 0 Å². The number of rotatable bonds is 4. The molecule has 2 aromatic rings. The third kappa shape index (κ3) is 4.18. The maximum Gasteiger partial charge on any atom is 0.270 e. The Morgan fingerprint density at radius 1 is 1.07 bits per heavy atom. The molecule has 0 atom stereocenters. The molecule has 0 spiro atoms. The first kappa shape index (κ1) is 19.3. The highest BCUT2D eigenvalue weighted by Gasteiger charge is 2.23. The molecule has 1 aromatic heterocycles. The van der Waals surface area contributed by atoms with E-state index in [2.05, 4.69) is 41.7 Å². The van der Waals surface area contributed by atoms with Gasteiger partial charge in [-0.05, 0) is 58.0 Å². The van der Waals surface area contributed by atoms with Crippen molar-refractivity contribution in [1.82, 2.24) is 19.7 Å². The number of likely N-dealkylation sites (N-methyl/N-ethyl adjacent to an activating group) is 1. The first-order valence-electron chi connectivity index (χ1n) is 10.5. The molecule has 0 radical (unpaired) electrons. The summed E-state index contributed by atoms with van der Waals surface area (Å²) < 4.78 is 6.25. The molecule has 2 saturated heterocycles. The van der Waals surface area contributed by atoms with Crippen LogP contribution in [-0.2, 0) is 0 Å². The molecular formula is C22H32N4O2. The average Bonchev–Trinajstić information content (AvgIpc) is 3.12. The van der Waals surface area contributed by atoms with Crippen LogP contribution in [0.5, 0.6) is 5.75 Å². The van der Waals surface area contributed by atoms with Crippen LogP contribution in [0.25, 0.3) is 10.9 Å². The van der Waals surface area contributed by atoms with Crippen molar-refractivity contribution in [2.75, 3.05) is 46.3 Å². The molecule has 1 aromatic carbocycles. The van der Waals surface area contributed by atoms with E-state index in [4.69, 9.17) is 4.74 Å². The first-order valence-corrected chi connectivity index (χ1v) is 10.5. The lowest BCUT2D eigenvalue weighted by Crippen LogP contribution is -2.47. The topological polar surface area (TPSA) is 51.8 Å². The van der Waals surface area contributed by atoms with E-state index in [0.717, 1.165) is 68.8 Å². The van der Waals surface area contributed by atoms with Crippen molar-refractivity contribution in [2.45, 2.75) is 38.8 Å². The van der Waals surface area contributed by atoms with Gasteiger partial charge in [0.15, 0.2) is 0 Å². The lowest BCUT2D eigenvalue weighted by molar-refractivity contribution is 0.0659. The highest BCUT2D eigenvalue weighted by Crippen LogP contribution is 2.25. The predicted octanol–water partition coefficient (Wildman–Crippen LogP) is 2.81. The van der Waals surface area contributed by atoms with Crippen molar-refractivity contribution in [2.24, 2.45) is 0 Å². The van der Waals surface area contributed by atoms with E-state index in [1.54, 1.807) is 0 Å². The van der Waals surface area contributed by atoms with Crippen LogP contribution in [0.15, 0.2) is 24.3 Å². The molecule has 152 valence electrons. The molecule has 0 unspecified atom stereocenters. The molecule has 3 heterocycles. The summed E-state index contributed by atoms with van der Waals surface area (Å²) in [5.74, 6) is 0.987. The lowest BCUT2D eigenvalue weighted by atomic mass is 10.1. The van der Waals surface area contributed by atoms with Crippen LogP contribution in [0.3, 0.4) is 0 Å². The SMILES string of the molecule is CC(C)N1CCC(Oc2ccc3[nH]c(C(=O)N4CCN(C)CC4)cc3c2)CC1. The number of nitrogens with one attached hydrogen (secondary N) is 1. The number of amides is 1. The van der Waals surface area contributed by atoms with Crippen molar-refractivity contribution >= 4 is 16.8 Å². The molecule has 28 heavy (non-hydrogen) atoms. The molecule has 2 fully saturated rings. The number of piperidine rings is 1. The Hall–Kier alpha value is -2.05. The third-order valence-corrected chi connectivity index (χ3v) is 6.12. The highest BCUT2D eigenvalue weighted by atomic mass is 16.5. The minimum atomic E-state index is 0.0906. The Kier molecular flexibility index (Phi) is 5.60. The van der Waals surface area contributed by atoms with E-state index >= 15 is 0 Å². The number of aromatic amines is 1. The smallest absolute Gasteiger partial charge is 0.270 e. The molecule has 2 aliphatic heterocycles. The first-order chi connectivity index (χ1) is 13.5. The molecule has 0 saturated carbocycles. The van der Waals surface area contributed by atoms with E-state index in [9.17, 15) is 4.79 Å². The van der Waals surface area contributed by atoms with E-state index in [1.807, 2.05) is 23.1 Å². The monoisotopic (exact) mass is 384 g/mol. The second kappa shape index (κ2) is 8.13. The number of aromatic nitrogens is 1. The van der Waals surface area contributed by atoms with Gasteiger partial charge in [-0.15, -0.1) is 0 Å². The fourth-order valence-electron chi connectivity index (χ4n) is 4.18. The summed E-state index contributed by atoms with van der Waals surface area (Å²) in [6.07, 6.45) is 2.41. The van der Waals surface area contributed by atoms with E-state index < -0.39 is 0 Å². The van der Waals surface area contributed by atoms with Crippen LogP contribution in [0, 0.1) is 0 Å². The zero-order valence-electron chi connectivity index (χ0n) is 17.3. The zero-order valence-corrected chi connectivity index (χ0v) is 17.3. The molecule has 4 rings (SSSR count). The molecule has 1 N–H and O–H groups in total. The average molecular weight is 385 g/mol. The number of carbonyl (C=O) groups excluding carboxylic acids is 1. The normalized spacial score (nSPS) is 20.2. The number of ether oxygens (including phenoxy) is 1. The van der Waals surface area contributed by atoms with Crippen molar-refractivity contribution in [1.29, 1.82) is 0 Å². The molecule has 1 amide bonds. The van der Waals surface area contributed by atoms with Gasteiger partial charge in [0.2, 0.25) is 0 Å². The highest BCUT2D eigenvalue weighted by molar-refractivity contribution is 5.98. The summed E-state index contributed by atoms with van der Waals surface area (Å²) in [6, 6.07) is 8.66. The molecule has 6 heteroatoms. The summed E-state index contributed by atoms with van der Waals surface area (Å²) in [5.41, 5.74) is 1.65. The number of benzene rings is 1. The maximum atomic E-state index is 12.8. The Morgan fingerprint density at radius 2 is 1.79 bits per heavy atom. The zero-order chi connectivity index (χ0) is 19.7. The molecular weight excluding hydrogens is 352 g/mol. The standard InChI is InChI=1S/C22H32N4O2/c1-16(2)25-8-6-18(7-9-25)28-19-4-5-20-17(14-19)15-21(23-20)22(27)26-12-10-24(3)11-13-26/h4-5,14-16,18,23H,6-13H2,1-3H3. The van der Waals surface area contributed by atoms with Gasteiger partial charge in [0, 0.05) is 56.2 Å². The number of carbonyl (C=O) groups is 1. The maximum absolute atomic E-state index is 12.8. The molecule has 6 nitrogen and oxygen atoms in total. The van der Waals surface area contributed by atoms with Crippen molar-refractivity contribution in [3.8, 4) is 5.75 Å². The minimum Gasteiger partial charge on any atom is -0.490 e. The Bertz CT molecular complexity index is 815. The van der Waals surface area contributed by atoms with Crippen LogP contribution in [0.4, 0.5) is 0 Å². The van der Waals surface area contributed by atoms with E-state index in [-0.39, 0.29) is 12.0 Å². The number of fused-ring (bicyclic) bond motifs is 1. The fraction of sp³-hybridized carbons (Fsp3) is 0.591. The summed E-state index contributed by atoms with van der Waals surface area (Å²) in [5, 5.41) is 1.04. The van der Waals surface area contributed by atoms with Gasteiger partial charge in [0.05, 0.1) is 0 Å². The second-order valence-corrected chi connectivity index (χ2v) is 8.47. The third-order valence-electron chi connectivity index (χ3n) is 6.12. The van der Waals surface area contributed by atoms with Crippen LogP contribution < -0.4 is 4.74 Å². The van der Waals surface area contributed by atoms with Gasteiger partial charge < -0.3 is 24.4 Å². The largest absolute Gasteiger partial charge is 0.490 e. The van der Waals surface area contributed by atoms with Crippen molar-refractivity contribution in [3.05, 3.63) is 30.0 Å². The number of likely N-dealkylation sites (tertiary alicyclic amines) is 1. The van der Waals surface area contributed by atoms with Gasteiger partial charge in [0.1, 0.15) is 17.5 Å². The van der Waals surface area contributed by atoms with Crippen LogP contribution in [0.2, 0.25) is 0 Å². The van der Waals surface area contributed by atoms with Gasteiger partial charge in [-0.25, -0.2) is 0 Å². The lowest BCUT2D eigenvalue weighted by Gasteiger charge is -2.34. The van der Waals surface area contributed by atoms with E-state index in [0.29, 0.717) is 11.7 Å². The number of H-pyrrole nitrogens is 1.